The molecule has 3 rings (SSSR count). The van der Waals surface area contributed by atoms with E-state index in [1.807, 2.05) is 17.0 Å². The summed E-state index contributed by atoms with van der Waals surface area (Å²) in [7, 11) is 0. The highest BCUT2D eigenvalue weighted by Gasteiger charge is 2.25. The zero-order valence-corrected chi connectivity index (χ0v) is 14.6. The molecule has 0 saturated carbocycles. The van der Waals surface area contributed by atoms with E-state index in [1.165, 1.54) is 0 Å². The third-order valence-electron chi connectivity index (χ3n) is 4.02. The number of hydrogen-bond donors (Lipinski definition) is 1. The number of halogens is 1. The third-order valence-corrected chi connectivity index (χ3v) is 4.35. The van der Waals surface area contributed by atoms with Crippen molar-refractivity contribution in [3.05, 3.63) is 46.8 Å². The number of nitrogens with one attached hydrogen (secondary N) is 1. The lowest BCUT2D eigenvalue weighted by Gasteiger charge is -2.33. The van der Waals surface area contributed by atoms with Gasteiger partial charge in [-0.1, -0.05) is 28.9 Å². The molecular weight excluding hydrogens is 344 g/mol. The molecule has 7 nitrogen and oxygen atoms in total. The summed E-state index contributed by atoms with van der Waals surface area (Å²) in [6.07, 6.45) is 0. The zero-order chi connectivity index (χ0) is 17.8. The molecule has 2 aromatic rings. The smallest absolute Gasteiger partial charge is 0.276 e. The monoisotopic (exact) mass is 362 g/mol. The predicted octanol–water partition coefficient (Wildman–Crippen LogP) is 2.03. The molecule has 2 heterocycles. The van der Waals surface area contributed by atoms with Crippen LogP contribution < -0.4 is 5.32 Å². The van der Waals surface area contributed by atoms with E-state index < -0.39 is 0 Å². The lowest BCUT2D eigenvalue weighted by atomic mass is 10.2. The Balaban J connectivity index is 1.48. The number of carbonyl (C=O) groups is 2. The molecule has 1 aliphatic heterocycles. The molecule has 8 heteroatoms. The van der Waals surface area contributed by atoms with Gasteiger partial charge in [0.05, 0.1) is 17.3 Å². The molecule has 1 aromatic heterocycles. The number of piperazine rings is 1. The third kappa shape index (κ3) is 4.37. The van der Waals surface area contributed by atoms with E-state index >= 15 is 0 Å². The summed E-state index contributed by atoms with van der Waals surface area (Å²) in [5, 5.41) is 7.07. The Morgan fingerprint density at radius 1 is 1.24 bits per heavy atom. The van der Waals surface area contributed by atoms with Gasteiger partial charge in [0.1, 0.15) is 5.76 Å². The summed E-state index contributed by atoms with van der Waals surface area (Å²) in [5.41, 5.74) is 0.923. The van der Waals surface area contributed by atoms with E-state index in [4.69, 9.17) is 16.1 Å². The van der Waals surface area contributed by atoms with E-state index in [0.29, 0.717) is 48.3 Å². The summed E-state index contributed by atoms with van der Waals surface area (Å²) in [4.78, 5) is 28.2. The van der Waals surface area contributed by atoms with Crippen LogP contribution in [0.25, 0.3) is 0 Å². The average molecular weight is 363 g/mol. The zero-order valence-electron chi connectivity index (χ0n) is 13.9. The van der Waals surface area contributed by atoms with Crippen LogP contribution in [0.3, 0.4) is 0 Å². The van der Waals surface area contributed by atoms with Crippen molar-refractivity contribution >= 4 is 29.1 Å². The maximum absolute atomic E-state index is 12.3. The minimum absolute atomic E-state index is 0.125. The Bertz CT molecular complexity index is 769. The van der Waals surface area contributed by atoms with E-state index in [1.54, 1.807) is 30.0 Å². The Labute approximate surface area is 150 Å². The van der Waals surface area contributed by atoms with Crippen LogP contribution in [0.4, 0.5) is 5.69 Å². The molecule has 2 amide bonds. The lowest BCUT2D eigenvalue weighted by molar-refractivity contribution is -0.117. The number of aromatic nitrogens is 1. The van der Waals surface area contributed by atoms with Crippen LogP contribution in [-0.4, -0.2) is 59.5 Å². The first-order valence-electron chi connectivity index (χ1n) is 8.02. The van der Waals surface area contributed by atoms with Gasteiger partial charge in [0.2, 0.25) is 5.91 Å². The first-order chi connectivity index (χ1) is 12.0. The molecule has 0 unspecified atom stereocenters. The fourth-order valence-corrected chi connectivity index (χ4v) is 2.88. The second-order valence-electron chi connectivity index (χ2n) is 5.92. The minimum Gasteiger partial charge on any atom is -0.361 e. The number of aryl methyl sites for hydroxylation is 1. The Hall–Kier alpha value is -2.38. The van der Waals surface area contributed by atoms with Crippen LogP contribution in [0.15, 0.2) is 34.9 Å². The molecule has 132 valence electrons. The van der Waals surface area contributed by atoms with Gasteiger partial charge < -0.3 is 14.7 Å². The molecule has 1 saturated heterocycles. The molecule has 0 spiro atoms. The molecule has 25 heavy (non-hydrogen) atoms. The standard InChI is InChI=1S/C17H19ClN4O3/c1-12-10-15(20-25-12)17(24)22-8-6-21(7-9-22)11-16(23)19-14-5-3-2-4-13(14)18/h2-5,10H,6-9,11H2,1H3,(H,19,23). The molecule has 0 radical (unpaired) electrons. The van der Waals surface area contributed by atoms with Gasteiger partial charge in [0.15, 0.2) is 5.69 Å². The van der Waals surface area contributed by atoms with E-state index in [0.717, 1.165) is 0 Å². The average Bonchev–Trinajstić information content (AvgIpc) is 3.03. The van der Waals surface area contributed by atoms with Gasteiger partial charge >= 0.3 is 0 Å². The van der Waals surface area contributed by atoms with E-state index in [9.17, 15) is 9.59 Å². The number of anilines is 1. The van der Waals surface area contributed by atoms with Crippen LogP contribution in [0.1, 0.15) is 16.2 Å². The Kier molecular flexibility index (Phi) is 5.35. The van der Waals surface area contributed by atoms with Crippen LogP contribution in [-0.2, 0) is 4.79 Å². The molecule has 0 bridgehead atoms. The topological polar surface area (TPSA) is 78.7 Å². The van der Waals surface area contributed by atoms with Gasteiger partial charge in [-0.15, -0.1) is 0 Å². The van der Waals surface area contributed by atoms with Crippen LogP contribution >= 0.6 is 11.6 Å². The highest BCUT2D eigenvalue weighted by Crippen LogP contribution is 2.20. The number of para-hydroxylation sites is 1. The number of hydrogen-bond acceptors (Lipinski definition) is 5. The molecular formula is C17H19ClN4O3. The lowest BCUT2D eigenvalue weighted by Crippen LogP contribution is -2.50. The molecule has 0 aliphatic carbocycles. The predicted molar refractivity (Wildman–Crippen MR) is 93.7 cm³/mol. The number of benzene rings is 1. The van der Waals surface area contributed by atoms with Gasteiger partial charge in [0, 0.05) is 32.2 Å². The molecule has 1 aromatic carbocycles. The summed E-state index contributed by atoms with van der Waals surface area (Å²) < 4.78 is 4.94. The molecule has 1 fully saturated rings. The summed E-state index contributed by atoms with van der Waals surface area (Å²) in [5.74, 6) is 0.343. The number of rotatable bonds is 4. The molecule has 0 atom stereocenters. The first kappa shape index (κ1) is 17.4. The maximum atomic E-state index is 12.3. The second-order valence-corrected chi connectivity index (χ2v) is 6.33. The first-order valence-corrected chi connectivity index (χ1v) is 8.40. The number of amides is 2. The van der Waals surface area contributed by atoms with Crippen molar-refractivity contribution in [1.29, 1.82) is 0 Å². The van der Waals surface area contributed by atoms with Gasteiger partial charge in [0.25, 0.3) is 5.91 Å². The fraction of sp³-hybridized carbons (Fsp3) is 0.353. The quantitative estimate of drug-likeness (QED) is 0.900. The van der Waals surface area contributed by atoms with Crippen molar-refractivity contribution in [3.8, 4) is 0 Å². The van der Waals surface area contributed by atoms with Gasteiger partial charge in [-0.25, -0.2) is 0 Å². The highest BCUT2D eigenvalue weighted by atomic mass is 35.5. The highest BCUT2D eigenvalue weighted by molar-refractivity contribution is 6.33. The summed E-state index contributed by atoms with van der Waals surface area (Å²) in [6, 6.07) is 8.75. The number of nitrogens with zero attached hydrogens (tertiary/aromatic N) is 3. The largest absolute Gasteiger partial charge is 0.361 e. The minimum atomic E-state index is -0.142. The van der Waals surface area contributed by atoms with Crippen LogP contribution in [0, 0.1) is 6.92 Å². The van der Waals surface area contributed by atoms with Gasteiger partial charge in [-0.2, -0.15) is 0 Å². The molecule has 1 N–H and O–H groups in total. The van der Waals surface area contributed by atoms with E-state index in [2.05, 4.69) is 10.5 Å². The molecule has 1 aliphatic rings. The van der Waals surface area contributed by atoms with Crippen LogP contribution in [0.2, 0.25) is 5.02 Å². The SMILES string of the molecule is Cc1cc(C(=O)N2CCN(CC(=O)Nc3ccccc3Cl)CC2)no1. The normalized spacial score (nSPS) is 15.2. The van der Waals surface area contributed by atoms with Crippen molar-refractivity contribution in [2.24, 2.45) is 0 Å². The van der Waals surface area contributed by atoms with Crippen molar-refractivity contribution in [3.63, 3.8) is 0 Å². The summed E-state index contributed by atoms with van der Waals surface area (Å²) >= 11 is 6.04. The van der Waals surface area contributed by atoms with Crippen LogP contribution in [0.5, 0.6) is 0 Å². The Morgan fingerprint density at radius 2 is 1.96 bits per heavy atom. The van der Waals surface area contributed by atoms with Crippen molar-refractivity contribution in [1.82, 2.24) is 15.0 Å². The van der Waals surface area contributed by atoms with Crippen molar-refractivity contribution in [2.45, 2.75) is 6.92 Å². The van der Waals surface area contributed by atoms with Gasteiger partial charge in [-0.05, 0) is 19.1 Å². The fourth-order valence-electron chi connectivity index (χ4n) is 2.69. The van der Waals surface area contributed by atoms with E-state index in [-0.39, 0.29) is 18.4 Å². The second kappa shape index (κ2) is 7.67. The number of carbonyl (C=O) groups excluding carboxylic acids is 2. The van der Waals surface area contributed by atoms with Gasteiger partial charge in [-0.3, -0.25) is 14.5 Å². The summed E-state index contributed by atoms with van der Waals surface area (Å²) in [6.45, 7) is 4.35. The van der Waals surface area contributed by atoms with Crippen molar-refractivity contribution < 1.29 is 14.1 Å². The Morgan fingerprint density at radius 3 is 2.60 bits per heavy atom. The maximum Gasteiger partial charge on any atom is 0.276 e. The van der Waals surface area contributed by atoms with Crippen molar-refractivity contribution in [2.75, 3.05) is 38.0 Å².